The van der Waals surface area contributed by atoms with Crippen LogP contribution in [0.5, 0.6) is 5.75 Å². The average molecular weight is 501 g/mol. The van der Waals surface area contributed by atoms with Gasteiger partial charge in [-0.1, -0.05) is 30.3 Å². The summed E-state index contributed by atoms with van der Waals surface area (Å²) in [4.78, 5) is 18.7. The van der Waals surface area contributed by atoms with Crippen molar-refractivity contribution in [2.75, 3.05) is 20.8 Å². The molecule has 0 fully saturated rings. The van der Waals surface area contributed by atoms with Gasteiger partial charge in [-0.2, -0.15) is 0 Å². The molecule has 0 saturated heterocycles. The van der Waals surface area contributed by atoms with Crippen molar-refractivity contribution in [1.82, 2.24) is 30.1 Å². The van der Waals surface area contributed by atoms with Crippen molar-refractivity contribution in [3.63, 3.8) is 0 Å². The van der Waals surface area contributed by atoms with Gasteiger partial charge < -0.3 is 18.9 Å². The summed E-state index contributed by atoms with van der Waals surface area (Å²) in [7, 11) is 3.24. The lowest BCUT2D eigenvalue weighted by Gasteiger charge is -2.30. The first kappa shape index (κ1) is 24.4. The molecule has 3 aromatic heterocycles. The van der Waals surface area contributed by atoms with E-state index in [-0.39, 0.29) is 5.56 Å². The summed E-state index contributed by atoms with van der Waals surface area (Å²) in [5.41, 5.74) is 2.08. The zero-order valence-corrected chi connectivity index (χ0v) is 20.7. The van der Waals surface area contributed by atoms with Crippen molar-refractivity contribution in [2.45, 2.75) is 25.7 Å². The summed E-state index contributed by atoms with van der Waals surface area (Å²) in [5, 5.41) is 13.4. The van der Waals surface area contributed by atoms with Gasteiger partial charge in [0.2, 0.25) is 0 Å². The maximum absolute atomic E-state index is 13.6. The Bertz CT molecular complexity index is 1500. The third-order valence-corrected chi connectivity index (χ3v) is 6.22. The van der Waals surface area contributed by atoms with E-state index in [1.165, 1.54) is 0 Å². The van der Waals surface area contributed by atoms with Gasteiger partial charge in [-0.3, -0.25) is 9.69 Å². The number of pyridine rings is 1. The van der Waals surface area contributed by atoms with Crippen LogP contribution in [0, 0.1) is 0 Å². The zero-order valence-electron chi connectivity index (χ0n) is 20.7. The van der Waals surface area contributed by atoms with Crippen LogP contribution in [0.3, 0.4) is 0 Å². The first-order valence-corrected chi connectivity index (χ1v) is 11.9. The second-order valence-corrected chi connectivity index (χ2v) is 8.63. The van der Waals surface area contributed by atoms with Crippen LogP contribution in [-0.2, 0) is 24.4 Å². The van der Waals surface area contributed by atoms with Crippen LogP contribution >= 0.6 is 0 Å². The van der Waals surface area contributed by atoms with Gasteiger partial charge in [0.15, 0.2) is 5.82 Å². The third-order valence-electron chi connectivity index (χ3n) is 6.22. The highest BCUT2D eigenvalue weighted by Crippen LogP contribution is 2.31. The number of furan rings is 1. The molecule has 3 heterocycles. The van der Waals surface area contributed by atoms with Crippen LogP contribution in [0.1, 0.15) is 28.8 Å². The number of aromatic nitrogens is 5. The molecule has 10 nitrogen and oxygen atoms in total. The number of ether oxygens (including phenoxy) is 2. The summed E-state index contributed by atoms with van der Waals surface area (Å²) in [6.45, 7) is 1.82. The number of rotatable bonds is 11. The topological polar surface area (TPSA) is 111 Å². The fraction of sp³-hybridized carbons (Fsp3) is 0.259. The molecule has 0 aliphatic heterocycles. The molecule has 0 aliphatic rings. The first-order chi connectivity index (χ1) is 18.2. The maximum atomic E-state index is 13.6. The Morgan fingerprint density at radius 1 is 1.05 bits per heavy atom. The van der Waals surface area contributed by atoms with Crippen LogP contribution in [0.4, 0.5) is 0 Å². The predicted molar refractivity (Wildman–Crippen MR) is 137 cm³/mol. The van der Waals surface area contributed by atoms with Gasteiger partial charge in [0, 0.05) is 30.1 Å². The summed E-state index contributed by atoms with van der Waals surface area (Å²) in [6, 6.07) is 20.7. The van der Waals surface area contributed by atoms with Crippen molar-refractivity contribution < 1.29 is 13.9 Å². The fourth-order valence-corrected chi connectivity index (χ4v) is 4.43. The molecule has 0 amide bonds. The quantitative estimate of drug-likeness (QED) is 0.293. The van der Waals surface area contributed by atoms with Crippen molar-refractivity contribution in [1.29, 1.82) is 0 Å². The van der Waals surface area contributed by atoms with Gasteiger partial charge in [-0.15, -0.1) is 5.10 Å². The lowest BCUT2D eigenvalue weighted by molar-refractivity contribution is 0.163. The molecular weight excluding hydrogens is 472 g/mol. The van der Waals surface area contributed by atoms with E-state index in [4.69, 9.17) is 13.9 Å². The van der Waals surface area contributed by atoms with E-state index in [1.807, 2.05) is 54.6 Å². The molecule has 37 heavy (non-hydrogen) atoms. The number of H-pyrrole nitrogens is 1. The lowest BCUT2D eigenvalue weighted by atomic mass is 10.0. The van der Waals surface area contributed by atoms with Crippen LogP contribution in [0.2, 0.25) is 0 Å². The van der Waals surface area contributed by atoms with Crippen LogP contribution < -0.4 is 10.3 Å². The number of fused-ring (bicyclic) bond motifs is 1. The molecule has 0 spiro atoms. The van der Waals surface area contributed by atoms with Gasteiger partial charge in [0.05, 0.1) is 33.1 Å². The van der Waals surface area contributed by atoms with Gasteiger partial charge >= 0.3 is 0 Å². The number of nitrogens with zero attached hydrogens (tertiary/aromatic N) is 5. The SMILES string of the molecule is COCCn1nnnc1[C@H](c1cc2cc(OC)ccc2[nH]c1=O)N(Cc1ccccc1)Cc1ccco1. The largest absolute Gasteiger partial charge is 0.497 e. The second-order valence-electron chi connectivity index (χ2n) is 8.63. The Morgan fingerprint density at radius 2 is 1.92 bits per heavy atom. The highest BCUT2D eigenvalue weighted by molar-refractivity contribution is 5.80. The molecular formula is C27H28N6O4. The maximum Gasteiger partial charge on any atom is 0.253 e. The van der Waals surface area contributed by atoms with Crippen LogP contribution in [0.25, 0.3) is 10.9 Å². The summed E-state index contributed by atoms with van der Waals surface area (Å²) < 4.78 is 18.1. The van der Waals surface area contributed by atoms with E-state index in [2.05, 4.69) is 37.5 Å². The van der Waals surface area contributed by atoms with Gasteiger partial charge in [-0.25, -0.2) is 4.68 Å². The molecule has 0 bridgehead atoms. The molecule has 190 valence electrons. The number of hydrogen-bond donors (Lipinski definition) is 1. The summed E-state index contributed by atoms with van der Waals surface area (Å²) >= 11 is 0. The Morgan fingerprint density at radius 3 is 2.68 bits per heavy atom. The molecule has 0 radical (unpaired) electrons. The lowest BCUT2D eigenvalue weighted by Crippen LogP contribution is -2.35. The minimum atomic E-state index is -0.587. The number of nitrogens with one attached hydrogen (secondary N) is 1. The number of benzene rings is 2. The van der Waals surface area contributed by atoms with Crippen molar-refractivity contribution in [2.24, 2.45) is 0 Å². The third kappa shape index (κ3) is 5.45. The fourth-order valence-electron chi connectivity index (χ4n) is 4.43. The smallest absolute Gasteiger partial charge is 0.253 e. The highest BCUT2D eigenvalue weighted by Gasteiger charge is 2.31. The monoisotopic (exact) mass is 500 g/mol. The van der Waals surface area contributed by atoms with Gasteiger partial charge in [0.1, 0.15) is 17.6 Å². The molecule has 2 aromatic carbocycles. The minimum absolute atomic E-state index is 0.221. The van der Waals surface area contributed by atoms with Crippen LogP contribution in [0.15, 0.2) is 82.2 Å². The highest BCUT2D eigenvalue weighted by atomic mass is 16.5. The van der Waals surface area contributed by atoms with Crippen molar-refractivity contribution in [3.05, 3.63) is 106 Å². The minimum Gasteiger partial charge on any atom is -0.497 e. The number of tetrazole rings is 1. The van der Waals surface area contributed by atoms with E-state index in [1.54, 1.807) is 25.2 Å². The Hall–Kier alpha value is -4.28. The normalized spacial score (nSPS) is 12.3. The standard InChI is InChI=1S/C27H28N6O4/c1-35-14-12-33-26(29-30-31-33)25(23-16-20-15-21(36-2)10-11-24(20)28-27(23)34)32(18-22-9-6-13-37-22)17-19-7-4-3-5-8-19/h3-11,13,15-16,25H,12,14,17-18H2,1-2H3,(H,28,34)/t25-/m0/s1. The first-order valence-electron chi connectivity index (χ1n) is 11.9. The average Bonchev–Trinajstić information content (AvgIpc) is 3.60. The van der Waals surface area contributed by atoms with E-state index < -0.39 is 6.04 Å². The van der Waals surface area contributed by atoms with Crippen LogP contribution in [-0.4, -0.2) is 50.9 Å². The van der Waals surface area contributed by atoms with Gasteiger partial charge in [0.25, 0.3) is 5.56 Å². The van der Waals surface area contributed by atoms with Crippen molar-refractivity contribution >= 4 is 10.9 Å². The molecule has 1 N–H and O–H groups in total. The molecule has 0 saturated carbocycles. The predicted octanol–water partition coefficient (Wildman–Crippen LogP) is 3.55. The number of methoxy groups -OCH3 is 2. The Kier molecular flexibility index (Phi) is 7.38. The molecule has 1 atom stereocenters. The van der Waals surface area contributed by atoms with E-state index in [0.29, 0.717) is 48.9 Å². The van der Waals surface area contributed by atoms with E-state index in [9.17, 15) is 4.79 Å². The summed E-state index contributed by atoms with van der Waals surface area (Å²) in [5.74, 6) is 1.99. The number of hydrogen-bond acceptors (Lipinski definition) is 8. The van der Waals surface area contributed by atoms with Crippen molar-refractivity contribution in [3.8, 4) is 5.75 Å². The van der Waals surface area contributed by atoms with E-state index in [0.717, 1.165) is 16.7 Å². The summed E-state index contributed by atoms with van der Waals surface area (Å²) in [6.07, 6.45) is 1.64. The second kappa shape index (κ2) is 11.2. The molecule has 5 aromatic rings. The molecule has 0 aliphatic carbocycles. The zero-order chi connectivity index (χ0) is 25.6. The van der Waals surface area contributed by atoms with Gasteiger partial charge in [-0.05, 0) is 52.4 Å². The molecule has 5 rings (SSSR count). The molecule has 10 heteroatoms. The molecule has 0 unspecified atom stereocenters. The Balaban J connectivity index is 1.68. The number of aromatic amines is 1. The van der Waals surface area contributed by atoms with E-state index >= 15 is 0 Å². The Labute approximate surface area is 213 Å².